The van der Waals surface area contributed by atoms with Crippen molar-refractivity contribution >= 4 is 11.4 Å². The van der Waals surface area contributed by atoms with E-state index in [2.05, 4.69) is 4.98 Å². The average Bonchev–Trinajstić information content (AvgIpc) is 2.89. The predicted molar refractivity (Wildman–Crippen MR) is 82.3 cm³/mol. The maximum atomic E-state index is 10.3. The molecule has 0 amide bonds. The number of nitrogens with one attached hydrogen (secondary N) is 1. The van der Waals surface area contributed by atoms with E-state index in [-0.39, 0.29) is 5.41 Å². The molecule has 0 radical (unpaired) electrons. The highest BCUT2D eigenvalue weighted by molar-refractivity contribution is 6.11. The molecule has 0 spiro atoms. The van der Waals surface area contributed by atoms with Crippen LogP contribution in [-0.2, 0) is 0 Å². The van der Waals surface area contributed by atoms with Gasteiger partial charge in [0.2, 0.25) is 0 Å². The third-order valence-corrected chi connectivity index (χ3v) is 4.31. The molecule has 5 heteroatoms. The maximum absolute atomic E-state index is 10.3. The summed E-state index contributed by atoms with van der Waals surface area (Å²) in [6.45, 7) is 4.00. The number of hydrogen-bond donors (Lipinski definition) is 3. The van der Waals surface area contributed by atoms with Gasteiger partial charge in [0, 0.05) is 36.3 Å². The first kappa shape index (κ1) is 13.8. The zero-order valence-electron chi connectivity index (χ0n) is 12.3. The second-order valence-corrected chi connectivity index (χ2v) is 6.37. The van der Waals surface area contributed by atoms with E-state index in [0.29, 0.717) is 24.3 Å². The van der Waals surface area contributed by atoms with Gasteiger partial charge in [0.15, 0.2) is 0 Å². The van der Waals surface area contributed by atoms with Crippen LogP contribution in [0, 0.1) is 10.8 Å². The van der Waals surface area contributed by atoms with Crippen LogP contribution in [0.25, 0.3) is 5.65 Å². The van der Waals surface area contributed by atoms with Crippen molar-refractivity contribution in [1.82, 2.24) is 9.38 Å². The van der Waals surface area contributed by atoms with Crippen LogP contribution >= 0.6 is 0 Å². The van der Waals surface area contributed by atoms with Gasteiger partial charge in [-0.25, -0.2) is 4.98 Å². The fourth-order valence-corrected chi connectivity index (χ4v) is 2.82. The van der Waals surface area contributed by atoms with E-state index >= 15 is 0 Å². The SMILES string of the molecule is CC1(C)CC(N)=C(C(=N)c2ccc3nccn3c2)CC1O. The molecular formula is C16H20N4O. The molecule has 2 heterocycles. The van der Waals surface area contributed by atoms with Crippen LogP contribution in [0.15, 0.2) is 42.0 Å². The number of rotatable bonds is 2. The standard InChI is InChI=1S/C16H20N4O/c1-16(2)8-12(17)11(7-13(16)21)15(18)10-3-4-14-19-5-6-20(14)9-10/h3-6,9,13,18,21H,7-8,17H2,1-2H3. The number of allylic oxidation sites excluding steroid dienone is 1. The lowest BCUT2D eigenvalue weighted by Gasteiger charge is -2.36. The molecule has 2 aromatic heterocycles. The summed E-state index contributed by atoms with van der Waals surface area (Å²) in [7, 11) is 0. The molecule has 110 valence electrons. The average molecular weight is 284 g/mol. The Balaban J connectivity index is 1.97. The molecule has 1 aliphatic rings. The van der Waals surface area contributed by atoms with Gasteiger partial charge in [-0.15, -0.1) is 0 Å². The highest BCUT2D eigenvalue weighted by Crippen LogP contribution is 2.38. The summed E-state index contributed by atoms with van der Waals surface area (Å²) in [5.74, 6) is 0. The molecule has 1 unspecified atom stereocenters. The second kappa shape index (κ2) is 4.70. The molecular weight excluding hydrogens is 264 g/mol. The third kappa shape index (κ3) is 2.34. The largest absolute Gasteiger partial charge is 0.402 e. The van der Waals surface area contributed by atoms with Crippen LogP contribution in [0.4, 0.5) is 0 Å². The van der Waals surface area contributed by atoms with Crippen LogP contribution in [0.1, 0.15) is 32.3 Å². The lowest BCUT2D eigenvalue weighted by Crippen LogP contribution is -2.37. The number of pyridine rings is 1. The molecule has 0 bridgehead atoms. The normalized spacial score (nSPS) is 21.8. The van der Waals surface area contributed by atoms with E-state index in [1.807, 2.05) is 42.8 Å². The Morgan fingerprint density at radius 3 is 3.00 bits per heavy atom. The molecule has 2 aromatic rings. The van der Waals surface area contributed by atoms with Crippen molar-refractivity contribution < 1.29 is 5.11 Å². The van der Waals surface area contributed by atoms with Crippen molar-refractivity contribution in [2.45, 2.75) is 32.8 Å². The Bertz CT molecular complexity index is 742. The quantitative estimate of drug-likeness (QED) is 0.738. The van der Waals surface area contributed by atoms with Crippen molar-refractivity contribution in [2.24, 2.45) is 11.1 Å². The number of nitrogens with two attached hydrogens (primary N) is 1. The van der Waals surface area contributed by atoms with Crippen molar-refractivity contribution in [3.8, 4) is 0 Å². The molecule has 3 rings (SSSR count). The first-order valence-electron chi connectivity index (χ1n) is 7.06. The highest BCUT2D eigenvalue weighted by Gasteiger charge is 2.35. The van der Waals surface area contributed by atoms with Crippen molar-refractivity contribution in [3.05, 3.63) is 47.6 Å². The number of aliphatic hydroxyl groups excluding tert-OH is 1. The summed E-state index contributed by atoms with van der Waals surface area (Å²) in [6, 6.07) is 3.75. The Kier molecular flexibility index (Phi) is 3.10. The fourth-order valence-electron chi connectivity index (χ4n) is 2.82. The van der Waals surface area contributed by atoms with Gasteiger partial charge in [0.05, 0.1) is 11.8 Å². The number of hydrogen-bond acceptors (Lipinski definition) is 4. The molecule has 0 saturated heterocycles. The zero-order chi connectivity index (χ0) is 15.2. The molecule has 0 fully saturated rings. The molecule has 5 nitrogen and oxygen atoms in total. The molecule has 4 N–H and O–H groups in total. The Morgan fingerprint density at radius 1 is 1.48 bits per heavy atom. The van der Waals surface area contributed by atoms with Crippen molar-refractivity contribution in [2.75, 3.05) is 0 Å². The number of fused-ring (bicyclic) bond motifs is 1. The van der Waals surface area contributed by atoms with Gasteiger partial charge in [-0.1, -0.05) is 13.8 Å². The summed E-state index contributed by atoms with van der Waals surface area (Å²) in [5, 5.41) is 18.7. The minimum Gasteiger partial charge on any atom is -0.402 e. The number of nitrogens with zero attached hydrogens (tertiary/aromatic N) is 2. The monoisotopic (exact) mass is 284 g/mol. The van der Waals surface area contributed by atoms with Gasteiger partial charge in [0.1, 0.15) is 5.65 Å². The number of aromatic nitrogens is 2. The van der Waals surface area contributed by atoms with Gasteiger partial charge >= 0.3 is 0 Å². The minimum absolute atomic E-state index is 0.234. The summed E-state index contributed by atoms with van der Waals surface area (Å²) in [6.07, 6.45) is 6.01. The Hall–Kier alpha value is -2.14. The zero-order valence-corrected chi connectivity index (χ0v) is 12.3. The number of aliphatic hydroxyl groups is 1. The van der Waals surface area contributed by atoms with Crippen LogP contribution < -0.4 is 5.73 Å². The molecule has 21 heavy (non-hydrogen) atoms. The summed E-state index contributed by atoms with van der Waals surface area (Å²) >= 11 is 0. The van der Waals surface area contributed by atoms with Gasteiger partial charge in [0.25, 0.3) is 0 Å². The van der Waals surface area contributed by atoms with Gasteiger partial charge in [-0.05, 0) is 29.5 Å². The van der Waals surface area contributed by atoms with Crippen LogP contribution in [0.2, 0.25) is 0 Å². The van der Waals surface area contributed by atoms with Crippen molar-refractivity contribution in [3.63, 3.8) is 0 Å². The van der Waals surface area contributed by atoms with E-state index < -0.39 is 6.10 Å². The third-order valence-electron chi connectivity index (χ3n) is 4.31. The van der Waals surface area contributed by atoms with E-state index in [0.717, 1.165) is 16.8 Å². The molecule has 1 atom stereocenters. The highest BCUT2D eigenvalue weighted by atomic mass is 16.3. The van der Waals surface area contributed by atoms with E-state index in [4.69, 9.17) is 11.1 Å². The number of imidazole rings is 1. The molecule has 1 aliphatic carbocycles. The molecule has 0 saturated carbocycles. The predicted octanol–water partition coefficient (Wildman–Crippen LogP) is 2.10. The second-order valence-electron chi connectivity index (χ2n) is 6.37. The Morgan fingerprint density at radius 2 is 2.24 bits per heavy atom. The lowest BCUT2D eigenvalue weighted by molar-refractivity contribution is 0.0440. The van der Waals surface area contributed by atoms with E-state index in [1.54, 1.807) is 6.20 Å². The van der Waals surface area contributed by atoms with E-state index in [9.17, 15) is 5.11 Å². The smallest absolute Gasteiger partial charge is 0.136 e. The van der Waals surface area contributed by atoms with E-state index in [1.165, 1.54) is 0 Å². The van der Waals surface area contributed by atoms with Gasteiger partial charge < -0.3 is 15.2 Å². The Labute approximate surface area is 123 Å². The summed E-state index contributed by atoms with van der Waals surface area (Å²) < 4.78 is 1.88. The lowest BCUT2D eigenvalue weighted by atomic mass is 9.73. The molecule has 0 aromatic carbocycles. The van der Waals surface area contributed by atoms with Crippen LogP contribution in [0.3, 0.4) is 0 Å². The maximum Gasteiger partial charge on any atom is 0.136 e. The van der Waals surface area contributed by atoms with Crippen LogP contribution in [-0.4, -0.2) is 26.3 Å². The van der Waals surface area contributed by atoms with Gasteiger partial charge in [-0.2, -0.15) is 0 Å². The molecule has 0 aliphatic heterocycles. The first-order valence-corrected chi connectivity index (χ1v) is 7.06. The minimum atomic E-state index is -0.475. The fraction of sp³-hybridized carbons (Fsp3) is 0.375. The van der Waals surface area contributed by atoms with Crippen molar-refractivity contribution in [1.29, 1.82) is 5.41 Å². The van der Waals surface area contributed by atoms with Gasteiger partial charge in [-0.3, -0.25) is 5.41 Å². The summed E-state index contributed by atoms with van der Waals surface area (Å²) in [4.78, 5) is 4.19. The topological polar surface area (TPSA) is 87.4 Å². The van der Waals surface area contributed by atoms with Crippen LogP contribution in [0.5, 0.6) is 0 Å². The summed E-state index contributed by atoms with van der Waals surface area (Å²) in [5.41, 5.74) is 9.40. The first-order chi connectivity index (χ1) is 9.88.